The molecule has 148 valence electrons. The zero-order valence-electron chi connectivity index (χ0n) is 16.0. The van der Waals surface area contributed by atoms with E-state index in [4.69, 9.17) is 4.74 Å². The third-order valence-electron chi connectivity index (χ3n) is 4.37. The largest absolute Gasteiger partial charge is 0.494 e. The summed E-state index contributed by atoms with van der Waals surface area (Å²) in [4.78, 5) is 39.2. The first-order chi connectivity index (χ1) is 13.4. The fraction of sp³-hybridized carbons (Fsp3) is 0.389. The van der Waals surface area contributed by atoms with Crippen LogP contribution in [0.15, 0.2) is 24.4 Å². The van der Waals surface area contributed by atoms with Gasteiger partial charge in [0.15, 0.2) is 5.69 Å². The van der Waals surface area contributed by atoms with E-state index in [0.29, 0.717) is 30.1 Å². The summed E-state index contributed by atoms with van der Waals surface area (Å²) >= 11 is 0. The van der Waals surface area contributed by atoms with Gasteiger partial charge in [0, 0.05) is 38.8 Å². The van der Waals surface area contributed by atoms with E-state index in [9.17, 15) is 14.4 Å². The second kappa shape index (κ2) is 8.07. The fourth-order valence-corrected chi connectivity index (χ4v) is 2.84. The minimum absolute atomic E-state index is 0.000334. The Morgan fingerprint density at radius 3 is 2.75 bits per heavy atom. The number of amides is 3. The van der Waals surface area contributed by atoms with E-state index in [-0.39, 0.29) is 24.1 Å². The highest BCUT2D eigenvalue weighted by atomic mass is 16.5. The summed E-state index contributed by atoms with van der Waals surface area (Å²) in [6, 6.07) is 5.09. The molecule has 3 rings (SSSR count). The van der Waals surface area contributed by atoms with Crippen LogP contribution in [0.25, 0.3) is 0 Å². The van der Waals surface area contributed by atoms with Crippen LogP contribution in [0.2, 0.25) is 0 Å². The highest BCUT2D eigenvalue weighted by molar-refractivity contribution is 6.03. The number of hydrogen-bond acceptors (Lipinski definition) is 6. The van der Waals surface area contributed by atoms with Gasteiger partial charge in [-0.15, -0.1) is 5.10 Å². The van der Waals surface area contributed by atoms with Gasteiger partial charge in [-0.2, -0.15) is 0 Å². The van der Waals surface area contributed by atoms with Crippen LogP contribution >= 0.6 is 0 Å². The van der Waals surface area contributed by atoms with Crippen molar-refractivity contribution in [3.8, 4) is 5.75 Å². The van der Waals surface area contributed by atoms with Gasteiger partial charge in [0.05, 0.1) is 19.0 Å². The van der Waals surface area contributed by atoms with Crippen LogP contribution < -0.4 is 15.0 Å². The van der Waals surface area contributed by atoms with Crippen LogP contribution in [-0.4, -0.2) is 65.4 Å². The van der Waals surface area contributed by atoms with E-state index in [1.165, 1.54) is 22.9 Å². The number of aromatic nitrogens is 3. The van der Waals surface area contributed by atoms with Crippen LogP contribution in [-0.2, 0) is 16.1 Å². The summed E-state index contributed by atoms with van der Waals surface area (Å²) in [5.74, 6) is -0.0727. The van der Waals surface area contributed by atoms with Crippen LogP contribution in [0.5, 0.6) is 5.75 Å². The van der Waals surface area contributed by atoms with Crippen LogP contribution in [0, 0.1) is 0 Å². The normalized spacial score (nSPS) is 13.5. The number of ether oxygens (including phenoxy) is 1. The standard InChI is InChI=1S/C18H22N6O4/c1-22(2)17(26)11-23-10-13(20-21-23)18(27)19-12-6-7-14(15(9-12)28-3)24-8-4-5-16(24)25/h6-7,9-10H,4-5,8,11H2,1-3H3,(H,19,27). The number of hydrogen-bond donors (Lipinski definition) is 1. The predicted octanol–water partition coefficient (Wildman–Crippen LogP) is 0.754. The van der Waals surface area contributed by atoms with Crippen LogP contribution in [0.3, 0.4) is 0 Å². The molecule has 1 aromatic carbocycles. The molecule has 1 N–H and O–H groups in total. The summed E-state index contributed by atoms with van der Waals surface area (Å²) in [6.07, 6.45) is 2.74. The molecule has 2 heterocycles. The summed E-state index contributed by atoms with van der Waals surface area (Å²) in [5, 5.41) is 10.3. The molecule has 0 spiro atoms. The number of likely N-dealkylation sites (N-methyl/N-ethyl adjacent to an activating group) is 1. The molecule has 10 heteroatoms. The number of anilines is 2. The van der Waals surface area contributed by atoms with Gasteiger partial charge in [0.25, 0.3) is 5.91 Å². The van der Waals surface area contributed by atoms with Gasteiger partial charge in [-0.25, -0.2) is 4.68 Å². The Balaban J connectivity index is 1.71. The third-order valence-corrected chi connectivity index (χ3v) is 4.37. The van der Waals surface area contributed by atoms with Gasteiger partial charge >= 0.3 is 0 Å². The lowest BCUT2D eigenvalue weighted by molar-refractivity contribution is -0.129. The minimum Gasteiger partial charge on any atom is -0.494 e. The van der Waals surface area contributed by atoms with Gasteiger partial charge in [-0.05, 0) is 18.6 Å². The van der Waals surface area contributed by atoms with Crippen molar-refractivity contribution in [3.63, 3.8) is 0 Å². The van der Waals surface area contributed by atoms with Crippen LogP contribution in [0.4, 0.5) is 11.4 Å². The monoisotopic (exact) mass is 386 g/mol. The highest BCUT2D eigenvalue weighted by Crippen LogP contribution is 2.33. The maximum Gasteiger partial charge on any atom is 0.277 e. The van der Waals surface area contributed by atoms with Crippen molar-refractivity contribution >= 4 is 29.1 Å². The van der Waals surface area contributed by atoms with Gasteiger partial charge in [0.1, 0.15) is 12.3 Å². The van der Waals surface area contributed by atoms with E-state index < -0.39 is 5.91 Å². The number of nitrogens with one attached hydrogen (secondary N) is 1. The molecule has 0 bridgehead atoms. The Bertz CT molecular complexity index is 907. The second-order valence-electron chi connectivity index (χ2n) is 6.58. The molecule has 1 saturated heterocycles. The molecule has 10 nitrogen and oxygen atoms in total. The second-order valence-corrected chi connectivity index (χ2v) is 6.58. The Labute approximate surface area is 162 Å². The molecule has 1 aliphatic rings. The summed E-state index contributed by atoms with van der Waals surface area (Å²) in [5.41, 5.74) is 1.26. The van der Waals surface area contributed by atoms with Gasteiger partial charge < -0.3 is 19.9 Å². The van der Waals surface area contributed by atoms with Gasteiger partial charge in [-0.1, -0.05) is 5.21 Å². The molecular formula is C18H22N6O4. The van der Waals surface area contributed by atoms with E-state index in [2.05, 4.69) is 15.6 Å². The predicted molar refractivity (Wildman–Crippen MR) is 101 cm³/mol. The first-order valence-electron chi connectivity index (χ1n) is 8.79. The zero-order chi connectivity index (χ0) is 20.3. The van der Waals surface area contributed by atoms with Gasteiger partial charge in [0.2, 0.25) is 11.8 Å². The van der Waals surface area contributed by atoms with E-state index in [1.54, 1.807) is 37.2 Å². The first kappa shape index (κ1) is 19.3. The highest BCUT2D eigenvalue weighted by Gasteiger charge is 2.24. The Morgan fingerprint density at radius 2 is 2.11 bits per heavy atom. The number of nitrogens with zero attached hydrogens (tertiary/aromatic N) is 5. The first-order valence-corrected chi connectivity index (χ1v) is 8.79. The number of benzene rings is 1. The molecule has 0 radical (unpaired) electrons. The molecule has 0 atom stereocenters. The summed E-state index contributed by atoms with van der Waals surface area (Å²) in [7, 11) is 4.79. The molecule has 2 aromatic rings. The summed E-state index contributed by atoms with van der Waals surface area (Å²) < 4.78 is 6.69. The van der Waals surface area contributed by atoms with E-state index >= 15 is 0 Å². The number of rotatable bonds is 6. The molecule has 1 aromatic heterocycles. The van der Waals surface area contributed by atoms with Crippen molar-refractivity contribution in [1.82, 2.24) is 19.9 Å². The van der Waals surface area contributed by atoms with Crippen molar-refractivity contribution < 1.29 is 19.1 Å². The van der Waals surface area contributed by atoms with Crippen molar-refractivity contribution in [2.24, 2.45) is 0 Å². The topological polar surface area (TPSA) is 110 Å². The molecular weight excluding hydrogens is 364 g/mol. The number of methoxy groups -OCH3 is 1. The van der Waals surface area contributed by atoms with Crippen molar-refractivity contribution in [2.75, 3.05) is 38.0 Å². The lowest BCUT2D eigenvalue weighted by Crippen LogP contribution is -2.26. The van der Waals surface area contributed by atoms with Crippen LogP contribution in [0.1, 0.15) is 23.3 Å². The zero-order valence-corrected chi connectivity index (χ0v) is 16.0. The fourth-order valence-electron chi connectivity index (χ4n) is 2.84. The van der Waals surface area contributed by atoms with E-state index in [0.717, 1.165) is 6.42 Å². The number of carbonyl (C=O) groups excluding carboxylic acids is 3. The average Bonchev–Trinajstić information content (AvgIpc) is 3.30. The van der Waals surface area contributed by atoms with E-state index in [1.807, 2.05) is 0 Å². The smallest absolute Gasteiger partial charge is 0.277 e. The number of carbonyl (C=O) groups is 3. The quantitative estimate of drug-likeness (QED) is 0.785. The van der Waals surface area contributed by atoms with Crippen molar-refractivity contribution in [1.29, 1.82) is 0 Å². The maximum atomic E-state index is 12.4. The third kappa shape index (κ3) is 4.11. The molecule has 0 unspecified atom stereocenters. The Kier molecular flexibility index (Phi) is 5.57. The maximum absolute atomic E-state index is 12.4. The SMILES string of the molecule is COc1cc(NC(=O)c2cn(CC(=O)N(C)C)nn2)ccc1N1CCCC1=O. The van der Waals surface area contributed by atoms with Crippen molar-refractivity contribution in [3.05, 3.63) is 30.1 Å². The molecule has 0 aliphatic carbocycles. The molecule has 0 saturated carbocycles. The molecule has 28 heavy (non-hydrogen) atoms. The lowest BCUT2D eigenvalue weighted by Gasteiger charge is -2.19. The molecule has 1 aliphatic heterocycles. The Morgan fingerprint density at radius 1 is 1.32 bits per heavy atom. The Hall–Kier alpha value is -3.43. The molecule has 3 amide bonds. The average molecular weight is 386 g/mol. The summed E-state index contributed by atoms with van der Waals surface area (Å²) in [6.45, 7) is 0.648. The molecule has 1 fully saturated rings. The van der Waals surface area contributed by atoms with Gasteiger partial charge in [-0.3, -0.25) is 14.4 Å². The van der Waals surface area contributed by atoms with Crippen molar-refractivity contribution in [2.45, 2.75) is 19.4 Å². The minimum atomic E-state index is -0.462. The lowest BCUT2D eigenvalue weighted by atomic mass is 10.2.